The Hall–Kier alpha value is -4.40. The Kier molecular flexibility index (Phi) is 5.00. The minimum atomic E-state index is -0.691. The third-order valence-electron chi connectivity index (χ3n) is 4.51. The zero-order valence-electron chi connectivity index (χ0n) is 15.7. The molecular formula is C21H18N6O3. The Balaban J connectivity index is 1.52. The number of aromatic amines is 1. The Morgan fingerprint density at radius 3 is 2.83 bits per heavy atom. The number of nitrogens with two attached hydrogens (primary N) is 1. The molecule has 0 atom stereocenters. The zero-order valence-corrected chi connectivity index (χ0v) is 15.7. The van der Waals surface area contributed by atoms with Crippen LogP contribution in [0.4, 0.5) is 16.2 Å². The number of rotatable bonds is 5. The van der Waals surface area contributed by atoms with Crippen molar-refractivity contribution in [1.82, 2.24) is 15.3 Å². The number of fused-ring (bicyclic) bond motifs is 1. The van der Waals surface area contributed by atoms with Crippen LogP contribution >= 0.6 is 0 Å². The van der Waals surface area contributed by atoms with Crippen LogP contribution in [0.2, 0.25) is 0 Å². The van der Waals surface area contributed by atoms with Crippen LogP contribution in [0.25, 0.3) is 11.6 Å². The van der Waals surface area contributed by atoms with E-state index in [9.17, 15) is 14.4 Å². The fourth-order valence-electron chi connectivity index (χ4n) is 3.12. The molecule has 30 heavy (non-hydrogen) atoms. The van der Waals surface area contributed by atoms with E-state index in [1.165, 1.54) is 0 Å². The second-order valence-electron chi connectivity index (χ2n) is 6.65. The molecular weight excluding hydrogens is 384 g/mol. The molecule has 6 N–H and O–H groups in total. The molecule has 0 radical (unpaired) electrons. The van der Waals surface area contributed by atoms with Gasteiger partial charge in [-0.25, -0.2) is 4.79 Å². The Labute approximate surface area is 171 Å². The molecule has 0 unspecified atom stereocenters. The fourth-order valence-corrected chi connectivity index (χ4v) is 3.12. The Morgan fingerprint density at radius 2 is 2.07 bits per heavy atom. The quantitative estimate of drug-likeness (QED) is 0.417. The average molecular weight is 402 g/mol. The second-order valence-corrected chi connectivity index (χ2v) is 6.65. The van der Waals surface area contributed by atoms with Crippen molar-refractivity contribution in [2.75, 3.05) is 10.6 Å². The van der Waals surface area contributed by atoms with Gasteiger partial charge in [-0.3, -0.25) is 14.6 Å². The van der Waals surface area contributed by atoms with E-state index < -0.39 is 6.03 Å². The van der Waals surface area contributed by atoms with Crippen LogP contribution in [-0.4, -0.2) is 27.8 Å². The maximum absolute atomic E-state index is 12.4. The van der Waals surface area contributed by atoms with Gasteiger partial charge < -0.3 is 26.7 Å². The van der Waals surface area contributed by atoms with E-state index >= 15 is 0 Å². The minimum absolute atomic E-state index is 0.246. The summed E-state index contributed by atoms with van der Waals surface area (Å²) in [6.45, 7) is 0.361. The van der Waals surface area contributed by atoms with Gasteiger partial charge in [0.25, 0.3) is 11.8 Å². The molecule has 4 rings (SSSR count). The number of carbonyl (C=O) groups is 3. The number of nitrogens with one attached hydrogen (secondary N) is 4. The lowest BCUT2D eigenvalue weighted by Gasteiger charge is -2.04. The number of hydrogen-bond donors (Lipinski definition) is 5. The fraction of sp³-hybridized carbons (Fsp3) is 0.0476. The van der Waals surface area contributed by atoms with Gasteiger partial charge in [-0.15, -0.1) is 0 Å². The molecule has 1 aromatic carbocycles. The van der Waals surface area contributed by atoms with Crippen LogP contribution in [0.3, 0.4) is 0 Å². The van der Waals surface area contributed by atoms with E-state index in [-0.39, 0.29) is 11.8 Å². The van der Waals surface area contributed by atoms with Crippen LogP contribution in [0.5, 0.6) is 0 Å². The summed E-state index contributed by atoms with van der Waals surface area (Å²) in [7, 11) is 0. The number of anilines is 2. The second kappa shape index (κ2) is 7.92. The van der Waals surface area contributed by atoms with Crippen molar-refractivity contribution in [1.29, 1.82) is 0 Å². The minimum Gasteiger partial charge on any atom is -0.361 e. The maximum atomic E-state index is 12.4. The molecule has 9 heteroatoms. The average Bonchev–Trinajstić information content (AvgIpc) is 3.32. The van der Waals surface area contributed by atoms with Gasteiger partial charge >= 0.3 is 6.03 Å². The molecule has 4 amide bonds. The number of benzene rings is 1. The highest BCUT2D eigenvalue weighted by molar-refractivity contribution is 6.35. The van der Waals surface area contributed by atoms with Gasteiger partial charge in [-0.2, -0.15) is 0 Å². The van der Waals surface area contributed by atoms with Gasteiger partial charge in [-0.1, -0.05) is 6.07 Å². The zero-order chi connectivity index (χ0) is 21.1. The third-order valence-corrected chi connectivity index (χ3v) is 4.51. The van der Waals surface area contributed by atoms with E-state index in [0.717, 1.165) is 5.56 Å². The van der Waals surface area contributed by atoms with E-state index in [1.807, 2.05) is 6.07 Å². The number of H-pyrrole nitrogens is 1. The topological polar surface area (TPSA) is 142 Å². The summed E-state index contributed by atoms with van der Waals surface area (Å²) >= 11 is 0. The summed E-state index contributed by atoms with van der Waals surface area (Å²) in [4.78, 5) is 42.8. The van der Waals surface area contributed by atoms with Crippen molar-refractivity contribution >= 4 is 40.9 Å². The predicted molar refractivity (Wildman–Crippen MR) is 112 cm³/mol. The first-order valence-electron chi connectivity index (χ1n) is 9.09. The predicted octanol–water partition coefficient (Wildman–Crippen LogP) is 2.32. The van der Waals surface area contributed by atoms with E-state index in [2.05, 4.69) is 25.9 Å². The highest BCUT2D eigenvalue weighted by atomic mass is 16.2. The van der Waals surface area contributed by atoms with Crippen molar-refractivity contribution in [3.63, 3.8) is 0 Å². The van der Waals surface area contributed by atoms with Gasteiger partial charge in [0.1, 0.15) is 0 Å². The molecule has 150 valence electrons. The lowest BCUT2D eigenvalue weighted by Crippen LogP contribution is -2.22. The number of nitrogens with zero attached hydrogens (tertiary/aromatic N) is 1. The van der Waals surface area contributed by atoms with Gasteiger partial charge in [0.05, 0.1) is 11.1 Å². The Morgan fingerprint density at radius 1 is 1.20 bits per heavy atom. The molecule has 0 fully saturated rings. The van der Waals surface area contributed by atoms with Crippen molar-refractivity contribution in [3.8, 4) is 0 Å². The van der Waals surface area contributed by atoms with E-state index in [0.29, 0.717) is 40.3 Å². The van der Waals surface area contributed by atoms with Gasteiger partial charge in [0.2, 0.25) is 0 Å². The first-order chi connectivity index (χ1) is 14.5. The summed E-state index contributed by atoms with van der Waals surface area (Å²) in [5.74, 6) is -0.526. The first kappa shape index (κ1) is 18.9. The number of aromatic nitrogens is 2. The molecule has 0 aliphatic carbocycles. The first-order valence-corrected chi connectivity index (χ1v) is 9.09. The molecule has 0 spiro atoms. The van der Waals surface area contributed by atoms with Crippen molar-refractivity contribution in [2.45, 2.75) is 6.54 Å². The summed E-state index contributed by atoms with van der Waals surface area (Å²) in [5, 5.41) is 8.08. The van der Waals surface area contributed by atoms with Crippen molar-refractivity contribution in [3.05, 3.63) is 77.4 Å². The summed E-state index contributed by atoms with van der Waals surface area (Å²) in [6, 6.07) is 9.63. The van der Waals surface area contributed by atoms with Crippen LogP contribution in [0.15, 0.2) is 55.0 Å². The lowest BCUT2D eigenvalue weighted by atomic mass is 10.1. The SMILES string of the molecule is NC(=O)Nc1ccc2c(c1)/C(=C/c1cc(C(=O)NCc3cccnc3)c[nH]1)C(=O)N2. The number of amides is 4. The summed E-state index contributed by atoms with van der Waals surface area (Å²) in [6.07, 6.45) is 6.57. The van der Waals surface area contributed by atoms with E-state index in [1.54, 1.807) is 55.0 Å². The van der Waals surface area contributed by atoms with Crippen molar-refractivity contribution in [2.24, 2.45) is 5.73 Å². The monoisotopic (exact) mass is 402 g/mol. The van der Waals surface area contributed by atoms with Gasteiger partial charge in [0.15, 0.2) is 0 Å². The summed E-state index contributed by atoms with van der Waals surface area (Å²) < 4.78 is 0. The van der Waals surface area contributed by atoms with Gasteiger partial charge in [0, 0.05) is 47.8 Å². The molecule has 0 bridgehead atoms. The van der Waals surface area contributed by atoms with Crippen LogP contribution in [0, 0.1) is 0 Å². The summed E-state index contributed by atoms with van der Waals surface area (Å²) in [5.41, 5.74) is 9.21. The maximum Gasteiger partial charge on any atom is 0.316 e. The molecule has 0 saturated carbocycles. The number of pyridine rings is 1. The highest BCUT2D eigenvalue weighted by Gasteiger charge is 2.25. The van der Waals surface area contributed by atoms with Crippen LogP contribution in [0.1, 0.15) is 27.2 Å². The molecule has 2 aromatic heterocycles. The Bertz CT molecular complexity index is 1170. The molecule has 0 saturated heterocycles. The smallest absolute Gasteiger partial charge is 0.316 e. The van der Waals surface area contributed by atoms with Crippen molar-refractivity contribution < 1.29 is 14.4 Å². The molecule has 9 nitrogen and oxygen atoms in total. The molecule has 3 heterocycles. The van der Waals surface area contributed by atoms with Gasteiger partial charge in [-0.05, 0) is 42.0 Å². The number of primary amides is 1. The van der Waals surface area contributed by atoms with Crippen LogP contribution < -0.4 is 21.7 Å². The normalized spacial score (nSPS) is 13.6. The van der Waals surface area contributed by atoms with E-state index in [4.69, 9.17) is 5.73 Å². The number of carbonyl (C=O) groups excluding carboxylic acids is 3. The highest BCUT2D eigenvalue weighted by Crippen LogP contribution is 2.35. The molecule has 3 aromatic rings. The number of urea groups is 1. The largest absolute Gasteiger partial charge is 0.361 e. The third kappa shape index (κ3) is 4.04. The molecule has 1 aliphatic rings. The number of hydrogen-bond acceptors (Lipinski definition) is 4. The lowest BCUT2D eigenvalue weighted by molar-refractivity contribution is -0.110. The molecule has 1 aliphatic heterocycles. The standard InChI is InChI=1S/C21H18N6O3/c22-21(30)26-14-3-4-18-16(7-14)17(20(29)27-18)8-15-6-13(11-24-15)19(28)25-10-12-2-1-5-23-9-12/h1-9,11,24H,10H2,(H,25,28)(H,27,29)(H3,22,26,30)/b17-8-. The van der Waals surface area contributed by atoms with Crippen LogP contribution in [-0.2, 0) is 11.3 Å².